The molecule has 1 aliphatic carbocycles. The van der Waals surface area contributed by atoms with Crippen molar-refractivity contribution in [3.8, 4) is 0 Å². The van der Waals surface area contributed by atoms with Gasteiger partial charge in [0.15, 0.2) is 0 Å². The molecule has 1 N–H and O–H groups in total. The first-order valence-electron chi connectivity index (χ1n) is 6.66. The van der Waals surface area contributed by atoms with Crippen LogP contribution >= 0.6 is 0 Å². The predicted octanol–water partition coefficient (Wildman–Crippen LogP) is 2.50. The molecule has 16 heavy (non-hydrogen) atoms. The number of carbonyl (C=O) groups excluding carboxylic acids is 1. The fourth-order valence-corrected chi connectivity index (χ4v) is 2.25. The number of esters is 1. The van der Waals surface area contributed by atoms with E-state index in [2.05, 4.69) is 12.2 Å². The van der Waals surface area contributed by atoms with E-state index in [9.17, 15) is 4.79 Å². The van der Waals surface area contributed by atoms with Gasteiger partial charge in [0.2, 0.25) is 0 Å². The van der Waals surface area contributed by atoms with Gasteiger partial charge in [-0.3, -0.25) is 4.79 Å². The van der Waals surface area contributed by atoms with Crippen LogP contribution in [0.5, 0.6) is 0 Å². The summed E-state index contributed by atoms with van der Waals surface area (Å²) in [6, 6.07) is 0. The van der Waals surface area contributed by atoms with Crippen molar-refractivity contribution in [2.24, 2.45) is 5.92 Å². The molecule has 3 nitrogen and oxygen atoms in total. The number of hydrogen-bond donors (Lipinski definition) is 1. The molecule has 1 rings (SSSR count). The molecule has 1 fully saturated rings. The van der Waals surface area contributed by atoms with Crippen LogP contribution in [0.4, 0.5) is 0 Å². The van der Waals surface area contributed by atoms with Crippen molar-refractivity contribution < 1.29 is 9.53 Å². The standard InChI is InChI=1S/C13H25NO2/c1-3-5-13(15)16-12-8-6-11(7-9-12)10-14-4-2/h11-12,14H,3-10H2,1-2H3. The summed E-state index contributed by atoms with van der Waals surface area (Å²) < 4.78 is 5.43. The van der Waals surface area contributed by atoms with Crippen molar-refractivity contribution in [3.63, 3.8) is 0 Å². The van der Waals surface area contributed by atoms with Crippen molar-refractivity contribution in [1.29, 1.82) is 0 Å². The minimum Gasteiger partial charge on any atom is -0.462 e. The summed E-state index contributed by atoms with van der Waals surface area (Å²) >= 11 is 0. The maximum atomic E-state index is 11.3. The lowest BCUT2D eigenvalue weighted by molar-refractivity contribution is -0.150. The first-order chi connectivity index (χ1) is 7.76. The van der Waals surface area contributed by atoms with Gasteiger partial charge in [-0.15, -0.1) is 0 Å². The molecule has 0 amide bonds. The van der Waals surface area contributed by atoms with Gasteiger partial charge in [-0.05, 0) is 51.1 Å². The lowest BCUT2D eigenvalue weighted by Crippen LogP contribution is -2.30. The van der Waals surface area contributed by atoms with Crippen LogP contribution in [-0.2, 0) is 9.53 Å². The molecule has 0 bridgehead atoms. The van der Waals surface area contributed by atoms with Crippen LogP contribution in [0.25, 0.3) is 0 Å². The Morgan fingerprint density at radius 1 is 1.25 bits per heavy atom. The summed E-state index contributed by atoms with van der Waals surface area (Å²) in [5.74, 6) is 0.763. The molecule has 94 valence electrons. The van der Waals surface area contributed by atoms with Gasteiger partial charge >= 0.3 is 5.97 Å². The van der Waals surface area contributed by atoms with Crippen molar-refractivity contribution in [3.05, 3.63) is 0 Å². The molecule has 0 saturated heterocycles. The number of ether oxygens (including phenoxy) is 1. The van der Waals surface area contributed by atoms with Gasteiger partial charge in [-0.1, -0.05) is 13.8 Å². The molecule has 0 radical (unpaired) electrons. The Balaban J connectivity index is 2.14. The molecule has 0 atom stereocenters. The molecule has 1 aliphatic rings. The monoisotopic (exact) mass is 227 g/mol. The summed E-state index contributed by atoms with van der Waals surface area (Å²) in [6.45, 7) is 6.31. The molecule has 1 saturated carbocycles. The highest BCUT2D eigenvalue weighted by Crippen LogP contribution is 2.26. The second-order valence-electron chi connectivity index (χ2n) is 4.69. The van der Waals surface area contributed by atoms with Crippen LogP contribution in [0.2, 0.25) is 0 Å². The Morgan fingerprint density at radius 2 is 1.94 bits per heavy atom. The highest BCUT2D eigenvalue weighted by molar-refractivity contribution is 5.69. The molecule has 0 aromatic heterocycles. The van der Waals surface area contributed by atoms with Gasteiger partial charge in [0, 0.05) is 6.42 Å². The predicted molar refractivity (Wildman–Crippen MR) is 65.3 cm³/mol. The second-order valence-corrected chi connectivity index (χ2v) is 4.69. The molecular formula is C13H25NO2. The van der Waals surface area contributed by atoms with Crippen LogP contribution in [0.15, 0.2) is 0 Å². The van der Waals surface area contributed by atoms with Crippen molar-refractivity contribution in [1.82, 2.24) is 5.32 Å². The minimum absolute atomic E-state index is 0.0161. The van der Waals surface area contributed by atoms with Crippen molar-refractivity contribution in [2.75, 3.05) is 13.1 Å². The molecule has 0 aromatic rings. The van der Waals surface area contributed by atoms with Gasteiger partial charge in [-0.2, -0.15) is 0 Å². The highest BCUT2D eigenvalue weighted by atomic mass is 16.5. The van der Waals surface area contributed by atoms with E-state index in [1.165, 1.54) is 12.8 Å². The molecule has 0 aliphatic heterocycles. The summed E-state index contributed by atoms with van der Waals surface area (Å²) in [4.78, 5) is 11.3. The SMILES string of the molecule is CCCC(=O)OC1CCC(CNCC)CC1. The second kappa shape index (κ2) is 7.66. The summed E-state index contributed by atoms with van der Waals surface area (Å²) in [5, 5.41) is 3.39. The van der Waals surface area contributed by atoms with E-state index in [0.29, 0.717) is 6.42 Å². The Bertz CT molecular complexity index is 198. The maximum Gasteiger partial charge on any atom is 0.306 e. The lowest BCUT2D eigenvalue weighted by Gasteiger charge is -2.28. The Morgan fingerprint density at radius 3 is 2.50 bits per heavy atom. The summed E-state index contributed by atoms with van der Waals surface area (Å²) in [6.07, 6.45) is 6.12. The van der Waals surface area contributed by atoms with Gasteiger partial charge in [-0.25, -0.2) is 0 Å². The van der Waals surface area contributed by atoms with Gasteiger partial charge in [0.1, 0.15) is 6.10 Å². The van der Waals surface area contributed by atoms with E-state index >= 15 is 0 Å². The van der Waals surface area contributed by atoms with E-state index < -0.39 is 0 Å². The van der Waals surface area contributed by atoms with Crippen molar-refractivity contribution >= 4 is 5.97 Å². The summed E-state index contributed by atoms with van der Waals surface area (Å²) in [5.41, 5.74) is 0. The number of rotatable bonds is 6. The topological polar surface area (TPSA) is 38.3 Å². The third kappa shape index (κ3) is 4.97. The van der Waals surface area contributed by atoms with Crippen LogP contribution in [0.1, 0.15) is 52.4 Å². The Hall–Kier alpha value is -0.570. The Labute approximate surface area is 98.9 Å². The lowest BCUT2D eigenvalue weighted by atomic mass is 9.87. The molecule has 0 heterocycles. The molecular weight excluding hydrogens is 202 g/mol. The van der Waals surface area contributed by atoms with Crippen LogP contribution in [0, 0.1) is 5.92 Å². The normalized spacial score (nSPS) is 25.4. The van der Waals surface area contributed by atoms with E-state index in [-0.39, 0.29) is 12.1 Å². The summed E-state index contributed by atoms with van der Waals surface area (Å²) in [7, 11) is 0. The molecule has 0 spiro atoms. The fourth-order valence-electron chi connectivity index (χ4n) is 2.25. The van der Waals surface area contributed by atoms with Gasteiger partial charge in [0.25, 0.3) is 0 Å². The minimum atomic E-state index is -0.0161. The van der Waals surface area contributed by atoms with E-state index in [0.717, 1.165) is 38.3 Å². The average molecular weight is 227 g/mol. The molecule has 0 aromatic carbocycles. The quantitative estimate of drug-likeness (QED) is 0.709. The zero-order valence-corrected chi connectivity index (χ0v) is 10.6. The van der Waals surface area contributed by atoms with Crippen LogP contribution in [0.3, 0.4) is 0 Å². The zero-order valence-electron chi connectivity index (χ0n) is 10.6. The third-order valence-corrected chi connectivity index (χ3v) is 3.23. The molecule has 0 unspecified atom stereocenters. The number of hydrogen-bond acceptors (Lipinski definition) is 3. The third-order valence-electron chi connectivity index (χ3n) is 3.23. The Kier molecular flexibility index (Phi) is 6.46. The maximum absolute atomic E-state index is 11.3. The first kappa shape index (κ1) is 13.5. The van der Waals surface area contributed by atoms with Crippen molar-refractivity contribution in [2.45, 2.75) is 58.5 Å². The largest absolute Gasteiger partial charge is 0.462 e. The smallest absolute Gasteiger partial charge is 0.306 e. The van der Waals surface area contributed by atoms with E-state index in [1.807, 2.05) is 6.92 Å². The van der Waals surface area contributed by atoms with E-state index in [4.69, 9.17) is 4.74 Å². The first-order valence-corrected chi connectivity index (χ1v) is 6.66. The average Bonchev–Trinajstić information content (AvgIpc) is 2.28. The van der Waals surface area contributed by atoms with Crippen LogP contribution < -0.4 is 5.32 Å². The fraction of sp³-hybridized carbons (Fsp3) is 0.923. The van der Waals surface area contributed by atoms with Crippen LogP contribution in [-0.4, -0.2) is 25.2 Å². The van der Waals surface area contributed by atoms with Gasteiger partial charge < -0.3 is 10.1 Å². The van der Waals surface area contributed by atoms with Gasteiger partial charge in [0.05, 0.1) is 0 Å². The van der Waals surface area contributed by atoms with E-state index in [1.54, 1.807) is 0 Å². The zero-order chi connectivity index (χ0) is 11.8. The number of nitrogens with one attached hydrogen (secondary N) is 1. The number of carbonyl (C=O) groups is 1. The highest BCUT2D eigenvalue weighted by Gasteiger charge is 2.23. The molecule has 3 heteroatoms.